The number of fused-ring (bicyclic) bond motifs is 1. The minimum Gasteiger partial charge on any atom is -0.328 e. The Kier molecular flexibility index (Phi) is 5.42. The summed E-state index contributed by atoms with van der Waals surface area (Å²) in [5.41, 5.74) is 5.53. The molecular formula is C20H33F3NP. The van der Waals surface area contributed by atoms with Crippen molar-refractivity contribution in [2.75, 3.05) is 12.3 Å². The highest BCUT2D eigenvalue weighted by Crippen LogP contribution is 2.64. The van der Waals surface area contributed by atoms with E-state index in [1.54, 1.807) is 0 Å². The molecule has 5 heteroatoms. The summed E-state index contributed by atoms with van der Waals surface area (Å²) in [5, 5.41) is 0. The summed E-state index contributed by atoms with van der Waals surface area (Å²) in [7, 11) is -0.615. The summed E-state index contributed by atoms with van der Waals surface area (Å²) >= 11 is 0. The third-order valence-corrected chi connectivity index (χ3v) is 11.0. The van der Waals surface area contributed by atoms with E-state index < -0.39 is 31.6 Å². The predicted molar refractivity (Wildman–Crippen MR) is 98.4 cm³/mol. The molecule has 0 amide bonds. The number of halogens is 3. The molecule has 25 heavy (non-hydrogen) atoms. The minimum atomic E-state index is -2.75. The molecule has 1 heterocycles. The molecule has 3 aliphatic carbocycles. The van der Waals surface area contributed by atoms with Gasteiger partial charge in [-0.3, -0.25) is 0 Å². The van der Waals surface area contributed by atoms with Gasteiger partial charge in [0.2, 0.25) is 0 Å². The molecule has 0 radical (unpaired) electrons. The second-order valence-electron chi connectivity index (χ2n) is 9.21. The van der Waals surface area contributed by atoms with E-state index in [4.69, 9.17) is 5.73 Å². The Hall–Kier alpha value is 0.180. The molecular weight excluding hydrogens is 342 g/mol. The molecule has 0 bridgehead atoms. The average Bonchev–Trinajstić information content (AvgIpc) is 2.88. The first-order valence-electron chi connectivity index (χ1n) is 10.5. The Morgan fingerprint density at radius 3 is 2.08 bits per heavy atom. The molecule has 0 aromatic carbocycles. The van der Waals surface area contributed by atoms with Gasteiger partial charge < -0.3 is 5.73 Å². The lowest BCUT2D eigenvalue weighted by atomic mass is 9.76. The molecule has 1 aliphatic heterocycles. The monoisotopic (exact) mass is 375 g/mol. The molecule has 3 saturated carbocycles. The van der Waals surface area contributed by atoms with Crippen LogP contribution in [0.4, 0.5) is 13.2 Å². The lowest BCUT2D eigenvalue weighted by Gasteiger charge is -2.40. The largest absolute Gasteiger partial charge is 0.328 e. The number of hydrogen-bond donors (Lipinski definition) is 1. The molecule has 0 aromatic rings. The third-order valence-electron chi connectivity index (χ3n) is 7.87. The van der Waals surface area contributed by atoms with Crippen LogP contribution in [-0.4, -0.2) is 36.1 Å². The maximum atomic E-state index is 15.0. The van der Waals surface area contributed by atoms with E-state index >= 15 is 8.78 Å². The van der Waals surface area contributed by atoms with Gasteiger partial charge in [0, 0.05) is 11.7 Å². The van der Waals surface area contributed by atoms with Crippen molar-refractivity contribution in [2.45, 2.75) is 88.0 Å². The first-order valence-corrected chi connectivity index (χ1v) is 12.3. The maximum Gasteiger partial charge on any atom is 0.260 e. The first kappa shape index (κ1) is 18.5. The lowest BCUT2D eigenvalue weighted by Crippen LogP contribution is -2.41. The average molecular weight is 375 g/mol. The summed E-state index contributed by atoms with van der Waals surface area (Å²) in [6.07, 6.45) is 10.3. The first-order chi connectivity index (χ1) is 12.0. The highest BCUT2D eigenvalue weighted by molar-refractivity contribution is 7.58. The van der Waals surface area contributed by atoms with Gasteiger partial charge in [-0.05, 0) is 87.9 Å². The van der Waals surface area contributed by atoms with Gasteiger partial charge in [0.25, 0.3) is 5.92 Å². The molecule has 2 N–H and O–H groups in total. The van der Waals surface area contributed by atoms with Crippen LogP contribution in [0, 0.1) is 23.7 Å². The summed E-state index contributed by atoms with van der Waals surface area (Å²) < 4.78 is 44.3. The highest BCUT2D eigenvalue weighted by Gasteiger charge is 2.62. The van der Waals surface area contributed by atoms with Gasteiger partial charge in [0.1, 0.15) is 6.17 Å². The Morgan fingerprint density at radius 1 is 0.800 bits per heavy atom. The van der Waals surface area contributed by atoms with Gasteiger partial charge in [-0.1, -0.05) is 14.3 Å². The van der Waals surface area contributed by atoms with E-state index in [0.29, 0.717) is 18.9 Å². The molecule has 4 rings (SSSR count). The van der Waals surface area contributed by atoms with Crippen LogP contribution in [0.2, 0.25) is 0 Å². The topological polar surface area (TPSA) is 26.0 Å². The molecule has 4 unspecified atom stereocenters. The van der Waals surface area contributed by atoms with Crippen LogP contribution in [0.5, 0.6) is 0 Å². The molecule has 0 spiro atoms. The third kappa shape index (κ3) is 3.51. The Labute approximate surface area is 151 Å². The van der Waals surface area contributed by atoms with Crippen molar-refractivity contribution < 1.29 is 13.2 Å². The molecule has 144 valence electrons. The highest BCUT2D eigenvalue weighted by atomic mass is 31.1. The van der Waals surface area contributed by atoms with Gasteiger partial charge >= 0.3 is 0 Å². The normalized spacial score (nSPS) is 50.4. The molecule has 0 aromatic heterocycles. The van der Waals surface area contributed by atoms with Crippen molar-refractivity contribution in [1.82, 2.24) is 0 Å². The van der Waals surface area contributed by atoms with Crippen LogP contribution in [0.25, 0.3) is 0 Å². The van der Waals surface area contributed by atoms with E-state index in [-0.39, 0.29) is 5.92 Å². The number of nitrogens with two attached hydrogens (primary N) is 1. The smallest absolute Gasteiger partial charge is 0.260 e. The standard InChI is InChI=1S/C20H33F3NP/c21-17-3-1-2-15-12-18(20(22,23)19(15)17)25-10-8-14(9-11-25)13-4-6-16(24)7-5-13/h13-19H,1-12,24H2. The van der Waals surface area contributed by atoms with Crippen molar-refractivity contribution in [3.05, 3.63) is 0 Å². The van der Waals surface area contributed by atoms with E-state index in [0.717, 1.165) is 62.7 Å². The van der Waals surface area contributed by atoms with E-state index in [9.17, 15) is 4.39 Å². The van der Waals surface area contributed by atoms with Crippen LogP contribution in [0.1, 0.15) is 64.2 Å². The maximum absolute atomic E-state index is 15.0. The number of alkyl halides is 3. The zero-order valence-corrected chi connectivity index (χ0v) is 16.1. The van der Waals surface area contributed by atoms with Gasteiger partial charge in [-0.2, -0.15) is 0 Å². The van der Waals surface area contributed by atoms with E-state index in [2.05, 4.69) is 0 Å². The fourth-order valence-electron chi connectivity index (χ4n) is 6.43. The van der Waals surface area contributed by atoms with Crippen molar-refractivity contribution in [2.24, 2.45) is 29.4 Å². The molecule has 4 aliphatic rings. The second-order valence-corrected chi connectivity index (χ2v) is 11.9. The van der Waals surface area contributed by atoms with E-state index in [1.807, 2.05) is 0 Å². The Balaban J connectivity index is 1.36. The second kappa shape index (κ2) is 7.30. The number of rotatable bonds is 2. The van der Waals surface area contributed by atoms with Crippen molar-refractivity contribution in [3.8, 4) is 0 Å². The summed E-state index contributed by atoms with van der Waals surface area (Å²) in [6.45, 7) is 0. The van der Waals surface area contributed by atoms with Crippen molar-refractivity contribution in [1.29, 1.82) is 0 Å². The fourth-order valence-corrected chi connectivity index (χ4v) is 9.83. The molecule has 4 atom stereocenters. The Morgan fingerprint density at radius 2 is 1.44 bits per heavy atom. The summed E-state index contributed by atoms with van der Waals surface area (Å²) in [6, 6.07) is 0.381. The summed E-state index contributed by atoms with van der Waals surface area (Å²) in [4.78, 5) is 0. The Bertz CT molecular complexity index is 458. The van der Waals surface area contributed by atoms with Crippen LogP contribution in [-0.2, 0) is 0 Å². The van der Waals surface area contributed by atoms with Crippen LogP contribution >= 0.6 is 7.92 Å². The van der Waals surface area contributed by atoms with Gasteiger partial charge in [-0.15, -0.1) is 0 Å². The number of hydrogen-bond acceptors (Lipinski definition) is 1. The van der Waals surface area contributed by atoms with Gasteiger partial charge in [-0.25, -0.2) is 13.2 Å². The van der Waals surface area contributed by atoms with Gasteiger partial charge in [0.15, 0.2) is 0 Å². The van der Waals surface area contributed by atoms with E-state index in [1.165, 1.54) is 12.8 Å². The minimum absolute atomic E-state index is 0.0520. The summed E-state index contributed by atoms with van der Waals surface area (Å²) in [5.74, 6) is -2.26. The van der Waals surface area contributed by atoms with Crippen LogP contribution in [0.15, 0.2) is 0 Å². The molecule has 1 nitrogen and oxygen atoms in total. The lowest BCUT2D eigenvalue weighted by molar-refractivity contribution is -0.0833. The fraction of sp³-hybridized carbons (Fsp3) is 1.00. The predicted octanol–water partition coefficient (Wildman–Crippen LogP) is 5.56. The molecule has 1 saturated heterocycles. The zero-order valence-electron chi connectivity index (χ0n) is 15.2. The quantitative estimate of drug-likeness (QED) is 0.629. The molecule has 4 fully saturated rings. The van der Waals surface area contributed by atoms with Crippen LogP contribution < -0.4 is 5.73 Å². The SMILES string of the molecule is NC1CCC(C2CCP(C3CC4CCCC(F)C4C3(F)F)CC2)CC1. The zero-order chi connectivity index (χ0) is 17.6. The van der Waals surface area contributed by atoms with Gasteiger partial charge in [0.05, 0.1) is 5.92 Å². The van der Waals surface area contributed by atoms with Crippen molar-refractivity contribution >= 4 is 7.92 Å². The van der Waals surface area contributed by atoms with Crippen molar-refractivity contribution in [3.63, 3.8) is 0 Å². The van der Waals surface area contributed by atoms with Crippen LogP contribution in [0.3, 0.4) is 0 Å².